The molecule has 0 saturated carbocycles. The summed E-state index contributed by atoms with van der Waals surface area (Å²) in [5.41, 5.74) is 14.5. The van der Waals surface area contributed by atoms with Gasteiger partial charge in [-0.1, -0.05) is 127 Å². The first-order valence-electron chi connectivity index (χ1n) is 20.5. The maximum Gasteiger partial charge on any atom is 0.584 e. The monoisotopic (exact) mass is 762 g/mol. The molecule has 0 spiro atoms. The molecule has 0 saturated heterocycles. The standard InChI is InChI=1S/C52H43O4P/c53-57(54)55-51-47(45-23-11-9-19-41(45)39-27-25-33-13-1-3-15-35(33)29-39)31-37-17-5-7-21-43(37)49(51)50-44-22-8-6-18-38(44)32-48(52(50)56-57)46-24-12-10-20-42(46)40-28-26-34-14-2-4-16-36(34)30-40/h1-4,9-16,19-20,23-31,48H,5-8,17-18,21-22,32H2,(H,53,54). The predicted molar refractivity (Wildman–Crippen MR) is 232 cm³/mol. The van der Waals surface area contributed by atoms with Gasteiger partial charge in [-0.3, -0.25) is 4.89 Å². The molecule has 4 aliphatic rings. The zero-order valence-electron chi connectivity index (χ0n) is 31.8. The van der Waals surface area contributed by atoms with Crippen molar-refractivity contribution in [3.63, 3.8) is 0 Å². The Morgan fingerprint density at radius 1 is 0.544 bits per heavy atom. The van der Waals surface area contributed by atoms with Gasteiger partial charge in [-0.2, -0.15) is 0 Å². The second-order valence-corrected chi connectivity index (χ2v) is 17.5. The Balaban J connectivity index is 1.17. The fraction of sp³-hybridized carbons (Fsp3) is 0.192. The van der Waals surface area contributed by atoms with Crippen LogP contribution in [0.2, 0.25) is 0 Å². The van der Waals surface area contributed by atoms with Crippen LogP contribution >= 0.6 is 7.82 Å². The summed E-state index contributed by atoms with van der Waals surface area (Å²) in [4.78, 5) is 11.9. The van der Waals surface area contributed by atoms with E-state index in [1.165, 1.54) is 43.8 Å². The maximum atomic E-state index is 14.6. The smallest absolute Gasteiger partial charge is 0.398 e. The second-order valence-electron chi connectivity index (χ2n) is 16.2. The fourth-order valence-electron chi connectivity index (χ4n) is 10.2. The molecule has 0 aromatic heterocycles. The van der Waals surface area contributed by atoms with E-state index in [2.05, 4.69) is 140 Å². The summed E-state index contributed by atoms with van der Waals surface area (Å²) < 4.78 is 27.7. The average Bonchev–Trinajstić information content (AvgIpc) is 3.39. The Hall–Kier alpha value is -5.67. The molecule has 280 valence electrons. The highest BCUT2D eigenvalue weighted by Gasteiger charge is 2.44. The molecular weight excluding hydrogens is 720 g/mol. The molecule has 0 amide bonds. The van der Waals surface area contributed by atoms with E-state index < -0.39 is 7.82 Å². The number of hydrogen-bond acceptors (Lipinski definition) is 3. The summed E-state index contributed by atoms with van der Waals surface area (Å²) in [6.07, 6.45) is 8.91. The van der Waals surface area contributed by atoms with E-state index in [0.717, 1.165) is 108 Å². The highest BCUT2D eigenvalue weighted by Crippen LogP contribution is 2.63. The van der Waals surface area contributed by atoms with Gasteiger partial charge in [-0.05, 0) is 148 Å². The fourth-order valence-corrected chi connectivity index (χ4v) is 11.2. The van der Waals surface area contributed by atoms with E-state index in [1.54, 1.807) is 0 Å². The average molecular weight is 763 g/mol. The van der Waals surface area contributed by atoms with Crippen LogP contribution in [0.4, 0.5) is 0 Å². The van der Waals surface area contributed by atoms with Gasteiger partial charge in [0.05, 0.1) is 0 Å². The minimum Gasteiger partial charge on any atom is -0.398 e. The number of allylic oxidation sites excluding steroid dienone is 4. The van der Waals surface area contributed by atoms with Crippen LogP contribution in [0.5, 0.6) is 5.75 Å². The van der Waals surface area contributed by atoms with Crippen LogP contribution in [-0.4, -0.2) is 4.89 Å². The van der Waals surface area contributed by atoms with Crippen molar-refractivity contribution in [1.82, 2.24) is 0 Å². The number of phosphoric acid groups is 1. The normalized spacial score (nSPS) is 20.2. The van der Waals surface area contributed by atoms with E-state index in [-0.39, 0.29) is 5.92 Å². The van der Waals surface area contributed by atoms with Gasteiger partial charge in [0.15, 0.2) is 0 Å². The van der Waals surface area contributed by atoms with Gasteiger partial charge in [0, 0.05) is 22.6 Å². The SMILES string of the molecule is O=P1(O)OC2=C(C3=C(CCCC3)CC2c2ccccc2-c2ccc3ccccc3c2)c2c3c(cc(-c4ccccc4-c4ccc5ccccc5c4)c2O1)CCCC3. The third kappa shape index (κ3) is 5.97. The van der Waals surface area contributed by atoms with Crippen molar-refractivity contribution < 1.29 is 18.5 Å². The van der Waals surface area contributed by atoms with Crippen LogP contribution in [0.25, 0.3) is 60.5 Å². The number of aryl methyl sites for hydroxylation is 1. The molecule has 0 fully saturated rings. The summed E-state index contributed by atoms with van der Waals surface area (Å²) in [6.45, 7) is 0. The minimum atomic E-state index is -4.66. The van der Waals surface area contributed by atoms with E-state index in [1.807, 2.05) is 0 Å². The Morgan fingerprint density at radius 3 is 1.89 bits per heavy atom. The summed E-state index contributed by atoms with van der Waals surface area (Å²) in [7, 11) is -4.66. The van der Waals surface area contributed by atoms with Crippen molar-refractivity contribution in [2.24, 2.45) is 0 Å². The van der Waals surface area contributed by atoms with Gasteiger partial charge < -0.3 is 9.05 Å². The predicted octanol–water partition coefficient (Wildman–Crippen LogP) is 14.2. The van der Waals surface area contributed by atoms with E-state index in [4.69, 9.17) is 9.05 Å². The van der Waals surface area contributed by atoms with Crippen LogP contribution in [0, 0.1) is 0 Å². The third-order valence-corrected chi connectivity index (χ3v) is 13.7. The number of hydrogen-bond donors (Lipinski definition) is 1. The van der Waals surface area contributed by atoms with Crippen molar-refractivity contribution in [3.8, 4) is 39.1 Å². The van der Waals surface area contributed by atoms with E-state index in [0.29, 0.717) is 11.5 Å². The molecule has 1 N–H and O–H groups in total. The van der Waals surface area contributed by atoms with Crippen molar-refractivity contribution >= 4 is 34.9 Å². The lowest BCUT2D eigenvalue weighted by Crippen LogP contribution is -2.19. The van der Waals surface area contributed by atoms with Crippen molar-refractivity contribution in [1.29, 1.82) is 0 Å². The number of rotatable bonds is 4. The van der Waals surface area contributed by atoms with Crippen molar-refractivity contribution in [3.05, 3.63) is 179 Å². The molecule has 1 heterocycles. The Morgan fingerprint density at radius 2 is 1.14 bits per heavy atom. The largest absolute Gasteiger partial charge is 0.584 e. The lowest BCUT2D eigenvalue weighted by molar-refractivity contribution is 0.241. The van der Waals surface area contributed by atoms with Crippen LogP contribution in [0.15, 0.2) is 156 Å². The minimum absolute atomic E-state index is 0.262. The van der Waals surface area contributed by atoms with Gasteiger partial charge in [-0.15, -0.1) is 0 Å². The van der Waals surface area contributed by atoms with Gasteiger partial charge >= 0.3 is 7.82 Å². The zero-order valence-corrected chi connectivity index (χ0v) is 32.7. The van der Waals surface area contributed by atoms with Gasteiger partial charge in [0.25, 0.3) is 0 Å². The highest BCUT2D eigenvalue weighted by molar-refractivity contribution is 7.48. The molecule has 0 radical (unpaired) electrons. The molecule has 2 atom stereocenters. The quantitative estimate of drug-likeness (QED) is 0.181. The molecule has 2 unspecified atom stereocenters. The van der Waals surface area contributed by atoms with Crippen LogP contribution in [0.1, 0.15) is 73.1 Å². The zero-order chi connectivity index (χ0) is 38.1. The molecule has 7 aromatic carbocycles. The van der Waals surface area contributed by atoms with Crippen LogP contribution < -0.4 is 4.52 Å². The Bertz CT molecular complexity index is 2900. The first-order chi connectivity index (χ1) is 28.0. The van der Waals surface area contributed by atoms with Gasteiger partial charge in [0.2, 0.25) is 0 Å². The van der Waals surface area contributed by atoms with E-state index in [9.17, 15) is 9.46 Å². The number of fused-ring (bicyclic) bond motifs is 7. The summed E-state index contributed by atoms with van der Waals surface area (Å²) >= 11 is 0. The lowest BCUT2D eigenvalue weighted by Gasteiger charge is -2.35. The van der Waals surface area contributed by atoms with Crippen molar-refractivity contribution in [2.75, 3.05) is 0 Å². The van der Waals surface area contributed by atoms with E-state index >= 15 is 0 Å². The lowest BCUT2D eigenvalue weighted by atomic mass is 9.70. The number of phosphoric ester groups is 1. The molecule has 0 bridgehead atoms. The molecular formula is C52H43O4P. The molecule has 5 heteroatoms. The van der Waals surface area contributed by atoms with Crippen LogP contribution in [0.3, 0.4) is 0 Å². The molecule has 57 heavy (non-hydrogen) atoms. The molecule has 1 aliphatic heterocycles. The van der Waals surface area contributed by atoms with Crippen LogP contribution in [-0.2, 0) is 21.9 Å². The number of benzene rings is 7. The maximum absolute atomic E-state index is 14.6. The molecule has 4 nitrogen and oxygen atoms in total. The molecule has 3 aliphatic carbocycles. The first-order valence-corrected chi connectivity index (χ1v) is 22.0. The highest BCUT2D eigenvalue weighted by atomic mass is 31.2. The first kappa shape index (κ1) is 34.6. The van der Waals surface area contributed by atoms with Gasteiger partial charge in [-0.25, -0.2) is 4.57 Å². The molecule has 11 rings (SSSR count). The Kier molecular flexibility index (Phi) is 8.35. The summed E-state index contributed by atoms with van der Waals surface area (Å²) in [5.74, 6) is 0.796. The topological polar surface area (TPSA) is 55.8 Å². The summed E-state index contributed by atoms with van der Waals surface area (Å²) in [6, 6.07) is 49.4. The molecule has 7 aromatic rings. The summed E-state index contributed by atoms with van der Waals surface area (Å²) in [5, 5.41) is 4.74. The second kappa shape index (κ2) is 13.8. The third-order valence-electron chi connectivity index (χ3n) is 12.8. The van der Waals surface area contributed by atoms with Gasteiger partial charge in [0.1, 0.15) is 11.5 Å². The Labute approximate surface area is 333 Å². The van der Waals surface area contributed by atoms with Crippen molar-refractivity contribution in [2.45, 2.75) is 63.7 Å².